The molecule has 1 rings (SSSR count). The summed E-state index contributed by atoms with van der Waals surface area (Å²) in [5, 5.41) is 3.53. The Morgan fingerprint density at radius 2 is 2.06 bits per heavy atom. The van der Waals surface area contributed by atoms with Crippen molar-refractivity contribution in [2.75, 3.05) is 12.4 Å². The van der Waals surface area contributed by atoms with Crippen LogP contribution in [0.3, 0.4) is 0 Å². The maximum Gasteiger partial charge on any atom is 0.0642 e. The van der Waals surface area contributed by atoms with E-state index in [1.807, 2.05) is 0 Å². The lowest BCUT2D eigenvalue weighted by Crippen LogP contribution is -2.31. The Balaban J connectivity index is 2.65. The van der Waals surface area contributed by atoms with Gasteiger partial charge in [-0.3, -0.25) is 0 Å². The van der Waals surface area contributed by atoms with E-state index in [1.165, 1.54) is 11.3 Å². The molecule has 3 heteroatoms. The summed E-state index contributed by atoms with van der Waals surface area (Å²) in [4.78, 5) is 0. The Morgan fingerprint density at radius 1 is 1.41 bits per heavy atom. The van der Waals surface area contributed by atoms with Gasteiger partial charge < -0.3 is 10.1 Å². The summed E-state index contributed by atoms with van der Waals surface area (Å²) < 4.78 is 6.56. The van der Waals surface area contributed by atoms with Crippen LogP contribution in [0.5, 0.6) is 0 Å². The maximum atomic E-state index is 5.45. The highest BCUT2D eigenvalue weighted by Crippen LogP contribution is 2.23. The monoisotopic (exact) mass is 299 g/mol. The first-order valence-electron chi connectivity index (χ1n) is 5.92. The van der Waals surface area contributed by atoms with Crippen LogP contribution in [0.25, 0.3) is 0 Å². The van der Waals surface area contributed by atoms with Gasteiger partial charge >= 0.3 is 0 Å². The summed E-state index contributed by atoms with van der Waals surface area (Å²) in [6.07, 6.45) is 0.971. The van der Waals surface area contributed by atoms with E-state index in [-0.39, 0.29) is 5.60 Å². The van der Waals surface area contributed by atoms with Crippen LogP contribution < -0.4 is 5.32 Å². The molecule has 0 radical (unpaired) electrons. The van der Waals surface area contributed by atoms with Crippen LogP contribution in [0.1, 0.15) is 32.8 Å². The number of hydrogen-bond acceptors (Lipinski definition) is 2. The van der Waals surface area contributed by atoms with Crippen molar-refractivity contribution in [1.82, 2.24) is 0 Å². The van der Waals surface area contributed by atoms with E-state index in [4.69, 9.17) is 4.74 Å². The van der Waals surface area contributed by atoms with Gasteiger partial charge in [-0.1, -0.05) is 15.9 Å². The minimum Gasteiger partial charge on any atom is -0.382 e. The van der Waals surface area contributed by atoms with Crippen molar-refractivity contribution in [2.24, 2.45) is 0 Å². The summed E-state index contributed by atoms with van der Waals surface area (Å²) in [6.45, 7) is 8.52. The second-order valence-electron chi connectivity index (χ2n) is 5.17. The molecule has 1 N–H and O–H groups in total. The molecule has 0 aliphatic carbocycles. The fraction of sp³-hybridized carbons (Fsp3) is 0.571. The van der Waals surface area contributed by atoms with E-state index in [1.54, 1.807) is 7.11 Å². The van der Waals surface area contributed by atoms with Crippen LogP contribution in [-0.2, 0) is 4.74 Å². The van der Waals surface area contributed by atoms with Gasteiger partial charge in [0.05, 0.1) is 5.60 Å². The van der Waals surface area contributed by atoms with Crippen molar-refractivity contribution in [3.05, 3.63) is 28.2 Å². The summed E-state index contributed by atoms with van der Waals surface area (Å²) >= 11 is 3.47. The first-order valence-corrected chi connectivity index (χ1v) is 6.71. The zero-order chi connectivity index (χ0) is 13.1. The average Bonchev–Trinajstić information content (AvgIpc) is 2.21. The minimum atomic E-state index is -0.0876. The maximum absolute atomic E-state index is 5.45. The number of benzene rings is 1. The van der Waals surface area contributed by atoms with Crippen LogP contribution in [0.2, 0.25) is 0 Å². The lowest BCUT2D eigenvalue weighted by molar-refractivity contribution is 0.0128. The van der Waals surface area contributed by atoms with Gasteiger partial charge in [0.2, 0.25) is 0 Å². The summed E-state index contributed by atoms with van der Waals surface area (Å²) in [5.74, 6) is 0. The van der Waals surface area contributed by atoms with E-state index in [0.717, 1.165) is 10.9 Å². The van der Waals surface area contributed by atoms with Gasteiger partial charge in [0.15, 0.2) is 0 Å². The highest BCUT2D eigenvalue weighted by molar-refractivity contribution is 9.10. The van der Waals surface area contributed by atoms with Crippen molar-refractivity contribution in [1.29, 1.82) is 0 Å². The van der Waals surface area contributed by atoms with Crippen LogP contribution in [0.15, 0.2) is 22.7 Å². The summed E-state index contributed by atoms with van der Waals surface area (Å²) in [6, 6.07) is 6.67. The van der Waals surface area contributed by atoms with E-state index in [0.29, 0.717) is 6.04 Å². The van der Waals surface area contributed by atoms with Crippen molar-refractivity contribution in [3.63, 3.8) is 0 Å². The molecule has 1 atom stereocenters. The van der Waals surface area contributed by atoms with Crippen LogP contribution in [0, 0.1) is 6.92 Å². The quantitative estimate of drug-likeness (QED) is 0.871. The van der Waals surface area contributed by atoms with Crippen molar-refractivity contribution in [2.45, 2.75) is 45.8 Å². The summed E-state index contributed by atoms with van der Waals surface area (Å²) in [5.41, 5.74) is 2.35. The lowest BCUT2D eigenvalue weighted by Gasteiger charge is -2.28. The molecule has 96 valence electrons. The second-order valence-corrected chi connectivity index (χ2v) is 6.09. The van der Waals surface area contributed by atoms with Crippen molar-refractivity contribution < 1.29 is 4.74 Å². The topological polar surface area (TPSA) is 21.3 Å². The number of aryl methyl sites for hydroxylation is 1. The third-order valence-electron chi connectivity index (χ3n) is 2.94. The van der Waals surface area contributed by atoms with Gasteiger partial charge in [0.25, 0.3) is 0 Å². The van der Waals surface area contributed by atoms with Gasteiger partial charge in [-0.05, 0) is 57.9 Å². The Morgan fingerprint density at radius 3 is 2.59 bits per heavy atom. The Kier molecular flexibility index (Phi) is 5.02. The van der Waals surface area contributed by atoms with Crippen LogP contribution in [0.4, 0.5) is 5.69 Å². The molecule has 0 heterocycles. The van der Waals surface area contributed by atoms with Crippen LogP contribution in [-0.4, -0.2) is 18.8 Å². The van der Waals surface area contributed by atoms with E-state index in [9.17, 15) is 0 Å². The van der Waals surface area contributed by atoms with E-state index in [2.05, 4.69) is 67.1 Å². The molecule has 0 aliphatic rings. The van der Waals surface area contributed by atoms with Gasteiger partial charge in [-0.25, -0.2) is 0 Å². The van der Waals surface area contributed by atoms with Crippen molar-refractivity contribution in [3.8, 4) is 0 Å². The van der Waals surface area contributed by atoms with E-state index >= 15 is 0 Å². The normalized spacial score (nSPS) is 13.5. The minimum absolute atomic E-state index is 0.0876. The molecule has 0 amide bonds. The molecule has 1 aromatic rings. The fourth-order valence-corrected chi connectivity index (χ4v) is 2.40. The molecule has 0 saturated heterocycles. The number of rotatable bonds is 5. The van der Waals surface area contributed by atoms with Gasteiger partial charge in [0, 0.05) is 23.3 Å². The number of anilines is 1. The van der Waals surface area contributed by atoms with Gasteiger partial charge in [0.1, 0.15) is 0 Å². The Labute approximate surface area is 113 Å². The Hall–Kier alpha value is -0.540. The summed E-state index contributed by atoms with van der Waals surface area (Å²) in [7, 11) is 1.76. The number of hydrogen-bond donors (Lipinski definition) is 1. The number of ether oxygens (including phenoxy) is 1. The lowest BCUT2D eigenvalue weighted by atomic mass is 9.99. The fourth-order valence-electron chi connectivity index (χ4n) is 1.93. The van der Waals surface area contributed by atoms with Crippen molar-refractivity contribution >= 4 is 21.6 Å². The Bertz CT molecular complexity index is 376. The third kappa shape index (κ3) is 4.68. The predicted octanol–water partition coefficient (Wildman–Crippen LogP) is 4.37. The van der Waals surface area contributed by atoms with E-state index < -0.39 is 0 Å². The second kappa shape index (κ2) is 5.87. The first-order chi connectivity index (χ1) is 7.84. The molecule has 0 bridgehead atoms. The standard InChI is InChI=1S/C14H22BrNO/c1-10-8-12(15)6-7-13(10)16-11(2)9-14(3,4)17-5/h6-8,11,16H,9H2,1-5H3. The number of nitrogens with one attached hydrogen (secondary N) is 1. The molecule has 0 spiro atoms. The molecule has 17 heavy (non-hydrogen) atoms. The first kappa shape index (κ1) is 14.5. The molecule has 0 fully saturated rings. The number of halogens is 1. The third-order valence-corrected chi connectivity index (χ3v) is 3.43. The molecule has 1 aromatic carbocycles. The van der Waals surface area contributed by atoms with Gasteiger partial charge in [-0.15, -0.1) is 0 Å². The molecule has 0 aliphatic heterocycles. The average molecular weight is 300 g/mol. The molecule has 1 unspecified atom stereocenters. The number of methoxy groups -OCH3 is 1. The highest BCUT2D eigenvalue weighted by Gasteiger charge is 2.20. The highest BCUT2D eigenvalue weighted by atomic mass is 79.9. The van der Waals surface area contributed by atoms with Crippen LogP contribution >= 0.6 is 15.9 Å². The molecular weight excluding hydrogens is 278 g/mol. The smallest absolute Gasteiger partial charge is 0.0642 e. The molecular formula is C14H22BrNO. The SMILES string of the molecule is COC(C)(C)CC(C)Nc1ccc(Br)cc1C. The predicted molar refractivity (Wildman–Crippen MR) is 77.7 cm³/mol. The zero-order valence-electron chi connectivity index (χ0n) is 11.3. The van der Waals surface area contributed by atoms with Gasteiger partial charge in [-0.2, -0.15) is 0 Å². The zero-order valence-corrected chi connectivity index (χ0v) is 12.9. The molecule has 0 saturated carbocycles. The molecule has 0 aromatic heterocycles. The molecule has 2 nitrogen and oxygen atoms in total. The largest absolute Gasteiger partial charge is 0.382 e.